The van der Waals surface area contributed by atoms with Crippen molar-refractivity contribution in [2.75, 3.05) is 33.9 Å². The van der Waals surface area contributed by atoms with Crippen molar-refractivity contribution in [2.45, 2.75) is 5.54 Å². The van der Waals surface area contributed by atoms with E-state index in [2.05, 4.69) is 89.6 Å². The molecule has 1 fully saturated rings. The summed E-state index contributed by atoms with van der Waals surface area (Å²) in [6.45, 7) is 2.06. The Balaban J connectivity index is 1.96. The second kappa shape index (κ2) is 8.82. The highest BCUT2D eigenvalue weighted by atomic mass is 16.5. The highest BCUT2D eigenvalue weighted by Gasteiger charge is 2.45. The third-order valence-corrected chi connectivity index (χ3v) is 5.97. The molecular formula is C26H28N2O2. The zero-order valence-electron chi connectivity index (χ0n) is 17.6. The average molecular weight is 401 g/mol. The van der Waals surface area contributed by atoms with Gasteiger partial charge in [-0.1, -0.05) is 91.0 Å². The Morgan fingerprint density at radius 2 is 1.23 bits per heavy atom. The molecule has 0 N–H and O–H groups in total. The van der Waals surface area contributed by atoms with Crippen LogP contribution in [-0.2, 0) is 15.1 Å². The quantitative estimate of drug-likeness (QED) is 0.479. The van der Waals surface area contributed by atoms with Crippen LogP contribution in [0, 0.1) is 5.92 Å². The van der Waals surface area contributed by atoms with E-state index in [0.29, 0.717) is 13.1 Å². The first-order valence-corrected chi connectivity index (χ1v) is 10.3. The van der Waals surface area contributed by atoms with Gasteiger partial charge in [-0.2, -0.15) is 0 Å². The molecule has 4 nitrogen and oxygen atoms in total. The predicted octanol–water partition coefficient (Wildman–Crippen LogP) is 3.97. The minimum absolute atomic E-state index is 0.158. The molecule has 3 aromatic rings. The molecule has 1 heterocycles. The molecular weight excluding hydrogens is 372 g/mol. The van der Waals surface area contributed by atoms with E-state index in [0.717, 1.165) is 6.67 Å². The molecule has 1 saturated heterocycles. The highest BCUT2D eigenvalue weighted by molar-refractivity contribution is 5.73. The molecule has 1 atom stereocenters. The van der Waals surface area contributed by atoms with Crippen molar-refractivity contribution in [1.82, 2.24) is 9.80 Å². The standard InChI is InChI=1S/C26H28N2O2/c1-27-18-21(25(29)30-2)19-28(20-27)26(22-12-6-3-7-13-22,23-14-8-4-9-15-23)24-16-10-5-11-17-24/h3-17,21H,18-20H2,1-2H3. The molecule has 154 valence electrons. The molecule has 30 heavy (non-hydrogen) atoms. The fraction of sp³-hybridized carbons (Fsp3) is 0.269. The molecule has 1 aliphatic rings. The molecule has 4 heteroatoms. The lowest BCUT2D eigenvalue weighted by Gasteiger charge is -2.50. The molecule has 0 bridgehead atoms. The van der Waals surface area contributed by atoms with Gasteiger partial charge in [0.15, 0.2) is 0 Å². The second-order valence-corrected chi connectivity index (χ2v) is 7.93. The molecule has 0 spiro atoms. The first-order chi connectivity index (χ1) is 14.7. The van der Waals surface area contributed by atoms with Crippen molar-refractivity contribution < 1.29 is 9.53 Å². The van der Waals surface area contributed by atoms with E-state index in [1.54, 1.807) is 0 Å². The minimum Gasteiger partial charge on any atom is -0.469 e. The molecule has 1 unspecified atom stereocenters. The maximum atomic E-state index is 12.5. The van der Waals surface area contributed by atoms with E-state index in [4.69, 9.17) is 4.74 Å². The SMILES string of the molecule is COC(=O)C1CN(C)CN(C(c2ccccc2)(c2ccccc2)c2ccccc2)C1. The van der Waals surface area contributed by atoms with Crippen LogP contribution in [0.25, 0.3) is 0 Å². The number of hydrogen-bond donors (Lipinski definition) is 0. The Bertz CT molecular complexity index is 863. The van der Waals surface area contributed by atoms with Gasteiger partial charge in [0, 0.05) is 13.1 Å². The first-order valence-electron chi connectivity index (χ1n) is 10.3. The van der Waals surface area contributed by atoms with E-state index in [1.807, 2.05) is 18.2 Å². The van der Waals surface area contributed by atoms with Crippen LogP contribution in [0.2, 0.25) is 0 Å². The van der Waals surface area contributed by atoms with Crippen molar-refractivity contribution in [2.24, 2.45) is 5.92 Å². The first kappa shape index (κ1) is 20.3. The van der Waals surface area contributed by atoms with Crippen LogP contribution in [0.15, 0.2) is 91.0 Å². The number of carbonyl (C=O) groups is 1. The van der Waals surface area contributed by atoms with Gasteiger partial charge < -0.3 is 4.74 Å². The van der Waals surface area contributed by atoms with E-state index in [1.165, 1.54) is 23.8 Å². The van der Waals surface area contributed by atoms with Gasteiger partial charge >= 0.3 is 5.97 Å². The van der Waals surface area contributed by atoms with Gasteiger partial charge in [-0.3, -0.25) is 14.6 Å². The summed E-state index contributed by atoms with van der Waals surface area (Å²) in [6.07, 6.45) is 0. The summed E-state index contributed by atoms with van der Waals surface area (Å²) in [4.78, 5) is 17.1. The summed E-state index contributed by atoms with van der Waals surface area (Å²) in [6, 6.07) is 31.7. The Kier molecular flexibility index (Phi) is 5.98. The molecule has 0 aliphatic carbocycles. The zero-order valence-corrected chi connectivity index (χ0v) is 17.6. The summed E-state index contributed by atoms with van der Waals surface area (Å²) < 4.78 is 5.12. The maximum absolute atomic E-state index is 12.5. The number of carbonyl (C=O) groups excluding carboxylic acids is 1. The van der Waals surface area contributed by atoms with Crippen molar-refractivity contribution in [3.63, 3.8) is 0 Å². The summed E-state index contributed by atoms with van der Waals surface area (Å²) in [5.74, 6) is -0.362. The predicted molar refractivity (Wildman–Crippen MR) is 119 cm³/mol. The molecule has 3 aromatic carbocycles. The van der Waals surface area contributed by atoms with E-state index in [-0.39, 0.29) is 11.9 Å². The molecule has 0 saturated carbocycles. The Hall–Kier alpha value is -2.95. The van der Waals surface area contributed by atoms with Gasteiger partial charge in [0.05, 0.1) is 25.2 Å². The van der Waals surface area contributed by atoms with Crippen molar-refractivity contribution in [3.8, 4) is 0 Å². The van der Waals surface area contributed by atoms with Gasteiger partial charge in [-0.05, 0) is 23.7 Å². The summed E-state index contributed by atoms with van der Waals surface area (Å²) >= 11 is 0. The summed E-state index contributed by atoms with van der Waals surface area (Å²) in [7, 11) is 3.54. The number of esters is 1. The van der Waals surface area contributed by atoms with Crippen LogP contribution in [0.5, 0.6) is 0 Å². The Labute approximate surface area is 178 Å². The zero-order chi connectivity index (χ0) is 21.0. The van der Waals surface area contributed by atoms with Crippen LogP contribution < -0.4 is 0 Å². The van der Waals surface area contributed by atoms with Gasteiger partial charge in [0.25, 0.3) is 0 Å². The molecule has 4 rings (SSSR count). The highest BCUT2D eigenvalue weighted by Crippen LogP contribution is 2.43. The fourth-order valence-electron chi connectivity index (χ4n) is 4.75. The van der Waals surface area contributed by atoms with Crippen LogP contribution in [0.3, 0.4) is 0 Å². The molecule has 0 aromatic heterocycles. The number of nitrogens with zero attached hydrogens (tertiary/aromatic N) is 2. The summed E-state index contributed by atoms with van der Waals surface area (Å²) in [5.41, 5.74) is 3.02. The third kappa shape index (κ3) is 3.64. The lowest BCUT2D eigenvalue weighted by Crippen LogP contribution is -2.59. The molecule has 0 radical (unpaired) electrons. The van der Waals surface area contributed by atoms with Crippen LogP contribution in [0.4, 0.5) is 0 Å². The van der Waals surface area contributed by atoms with Crippen molar-refractivity contribution in [1.29, 1.82) is 0 Å². The Morgan fingerprint density at radius 3 is 1.63 bits per heavy atom. The number of rotatable bonds is 5. The molecule has 1 aliphatic heterocycles. The number of benzene rings is 3. The lowest BCUT2D eigenvalue weighted by molar-refractivity contribution is -0.150. The van der Waals surface area contributed by atoms with Crippen LogP contribution in [0.1, 0.15) is 16.7 Å². The van der Waals surface area contributed by atoms with Crippen molar-refractivity contribution >= 4 is 5.97 Å². The number of ether oxygens (including phenoxy) is 1. The fourth-order valence-corrected chi connectivity index (χ4v) is 4.75. The molecule has 0 amide bonds. The van der Waals surface area contributed by atoms with Gasteiger partial charge in [0.1, 0.15) is 0 Å². The smallest absolute Gasteiger partial charge is 0.311 e. The monoisotopic (exact) mass is 400 g/mol. The normalized spacial score (nSPS) is 18.1. The summed E-state index contributed by atoms with van der Waals surface area (Å²) in [5, 5.41) is 0. The van der Waals surface area contributed by atoms with Gasteiger partial charge in [0.2, 0.25) is 0 Å². The maximum Gasteiger partial charge on any atom is 0.311 e. The number of hydrogen-bond acceptors (Lipinski definition) is 4. The van der Waals surface area contributed by atoms with Crippen LogP contribution >= 0.6 is 0 Å². The second-order valence-electron chi connectivity index (χ2n) is 7.93. The third-order valence-electron chi connectivity index (χ3n) is 5.97. The van der Waals surface area contributed by atoms with Gasteiger partial charge in [-0.15, -0.1) is 0 Å². The average Bonchev–Trinajstić information content (AvgIpc) is 2.81. The minimum atomic E-state index is -0.523. The van der Waals surface area contributed by atoms with Crippen LogP contribution in [-0.4, -0.2) is 49.7 Å². The topological polar surface area (TPSA) is 32.8 Å². The number of methoxy groups -OCH3 is 1. The van der Waals surface area contributed by atoms with Crippen molar-refractivity contribution in [3.05, 3.63) is 108 Å². The largest absolute Gasteiger partial charge is 0.469 e. The van der Waals surface area contributed by atoms with E-state index >= 15 is 0 Å². The van der Waals surface area contributed by atoms with E-state index in [9.17, 15) is 4.79 Å². The van der Waals surface area contributed by atoms with Gasteiger partial charge in [-0.25, -0.2) is 0 Å². The van der Waals surface area contributed by atoms with E-state index < -0.39 is 5.54 Å². The lowest BCUT2D eigenvalue weighted by atomic mass is 9.75. The Morgan fingerprint density at radius 1 is 0.800 bits per heavy atom.